The topological polar surface area (TPSA) is 43.1 Å². The maximum Gasteiger partial charge on any atom is 0.233 e. The third-order valence-electron chi connectivity index (χ3n) is 1.54. The van der Waals surface area contributed by atoms with Gasteiger partial charge in [0, 0.05) is 0 Å². The summed E-state index contributed by atoms with van der Waals surface area (Å²) in [5, 5.41) is 0. The summed E-state index contributed by atoms with van der Waals surface area (Å²) < 4.78 is -0.153. The van der Waals surface area contributed by atoms with Crippen LogP contribution in [-0.4, -0.2) is 16.9 Å². The molecule has 0 aliphatic heterocycles. The Balaban J connectivity index is 2.53. The highest BCUT2D eigenvalue weighted by atomic mass is 32.2. The van der Waals surface area contributed by atoms with Gasteiger partial charge in [0.05, 0.1) is 4.75 Å². The maximum atomic E-state index is 10.5. The van der Waals surface area contributed by atoms with Crippen molar-refractivity contribution in [2.45, 2.75) is 17.6 Å². The summed E-state index contributed by atoms with van der Waals surface area (Å²) in [5.74, 6) is -0.148. The van der Waals surface area contributed by atoms with E-state index in [4.69, 9.17) is 5.73 Å². The summed E-state index contributed by atoms with van der Waals surface area (Å²) in [6, 6.07) is 0. The van der Waals surface area contributed by atoms with Gasteiger partial charge in [0.25, 0.3) is 0 Å². The van der Waals surface area contributed by atoms with Crippen molar-refractivity contribution in [2.24, 2.45) is 5.73 Å². The molecule has 2 N–H and O–H groups in total. The van der Waals surface area contributed by atoms with Gasteiger partial charge in [-0.15, -0.1) is 11.8 Å². The van der Waals surface area contributed by atoms with Crippen LogP contribution in [0.3, 0.4) is 0 Å². The van der Waals surface area contributed by atoms with E-state index in [1.54, 1.807) is 11.8 Å². The predicted octanol–water partition coefficient (Wildman–Crippen LogP) is 0.367. The van der Waals surface area contributed by atoms with E-state index in [2.05, 4.69) is 0 Å². The summed E-state index contributed by atoms with van der Waals surface area (Å²) in [4.78, 5) is 10.5. The van der Waals surface area contributed by atoms with Crippen molar-refractivity contribution in [3.63, 3.8) is 0 Å². The Morgan fingerprint density at radius 2 is 2.25 bits per heavy atom. The molecule has 1 aliphatic rings. The van der Waals surface area contributed by atoms with Crippen molar-refractivity contribution in [2.75, 3.05) is 6.26 Å². The van der Waals surface area contributed by atoms with Gasteiger partial charge < -0.3 is 5.73 Å². The lowest BCUT2D eigenvalue weighted by Crippen LogP contribution is -2.26. The minimum Gasteiger partial charge on any atom is -0.368 e. The Labute approximate surface area is 52.8 Å². The fraction of sp³-hybridized carbons (Fsp3) is 0.800. The molecule has 0 atom stereocenters. The largest absolute Gasteiger partial charge is 0.368 e. The average molecular weight is 131 g/mol. The van der Waals surface area contributed by atoms with E-state index in [1.807, 2.05) is 6.26 Å². The second-order valence-corrected chi connectivity index (χ2v) is 3.25. The van der Waals surface area contributed by atoms with Crippen LogP contribution in [0.1, 0.15) is 12.8 Å². The van der Waals surface area contributed by atoms with Crippen LogP contribution in [0.4, 0.5) is 0 Å². The number of hydrogen-bond acceptors (Lipinski definition) is 2. The highest BCUT2D eigenvalue weighted by Gasteiger charge is 2.47. The van der Waals surface area contributed by atoms with Crippen LogP contribution in [-0.2, 0) is 4.79 Å². The summed E-state index contributed by atoms with van der Waals surface area (Å²) in [7, 11) is 0. The first-order valence-electron chi connectivity index (χ1n) is 2.56. The number of thioether (sulfide) groups is 1. The number of amides is 1. The fourth-order valence-electron chi connectivity index (χ4n) is 0.665. The molecular weight excluding hydrogens is 122 g/mol. The fourth-order valence-corrected chi connectivity index (χ4v) is 1.38. The molecule has 1 saturated carbocycles. The van der Waals surface area contributed by atoms with Crippen LogP contribution in [0.5, 0.6) is 0 Å². The molecule has 8 heavy (non-hydrogen) atoms. The highest BCUT2D eigenvalue weighted by molar-refractivity contribution is 8.01. The molecule has 1 rings (SSSR count). The molecule has 1 aliphatic carbocycles. The molecule has 46 valence electrons. The van der Waals surface area contributed by atoms with Crippen LogP contribution in [0.15, 0.2) is 0 Å². The summed E-state index contributed by atoms with van der Waals surface area (Å²) in [6.45, 7) is 0. The molecule has 0 aromatic carbocycles. The SMILES string of the molecule is CSC1(C(N)=O)CC1. The first kappa shape index (κ1) is 5.95. The van der Waals surface area contributed by atoms with Crippen molar-refractivity contribution < 1.29 is 4.79 Å². The van der Waals surface area contributed by atoms with Crippen LogP contribution in [0.2, 0.25) is 0 Å². The third kappa shape index (κ3) is 0.708. The second kappa shape index (κ2) is 1.65. The van der Waals surface area contributed by atoms with Gasteiger partial charge in [-0.2, -0.15) is 0 Å². The zero-order valence-corrected chi connectivity index (χ0v) is 5.62. The van der Waals surface area contributed by atoms with Gasteiger partial charge in [0.15, 0.2) is 0 Å². The third-order valence-corrected chi connectivity index (χ3v) is 2.93. The standard InChI is InChI=1S/C5H9NOS/c1-8-5(2-3-5)4(6)7/h2-3H2,1H3,(H2,6,7). The second-order valence-electron chi connectivity index (χ2n) is 2.06. The zero-order chi connectivity index (χ0) is 6.20. The number of nitrogens with two attached hydrogens (primary N) is 1. The van der Waals surface area contributed by atoms with E-state index in [-0.39, 0.29) is 10.7 Å². The van der Waals surface area contributed by atoms with Crippen molar-refractivity contribution in [1.82, 2.24) is 0 Å². The molecule has 3 heteroatoms. The normalized spacial score (nSPS) is 22.6. The van der Waals surface area contributed by atoms with E-state index in [1.165, 1.54) is 0 Å². The Kier molecular flexibility index (Phi) is 1.23. The molecule has 0 saturated heterocycles. The number of rotatable bonds is 2. The van der Waals surface area contributed by atoms with Gasteiger partial charge >= 0.3 is 0 Å². The summed E-state index contributed by atoms with van der Waals surface area (Å²) in [6.07, 6.45) is 3.88. The highest BCUT2D eigenvalue weighted by Crippen LogP contribution is 2.46. The molecule has 0 radical (unpaired) electrons. The lowest BCUT2D eigenvalue weighted by molar-refractivity contribution is -0.118. The smallest absolute Gasteiger partial charge is 0.233 e. The lowest BCUT2D eigenvalue weighted by atomic mass is 10.4. The van der Waals surface area contributed by atoms with Crippen LogP contribution in [0.25, 0.3) is 0 Å². The van der Waals surface area contributed by atoms with Gasteiger partial charge in [0.1, 0.15) is 0 Å². The summed E-state index contributed by atoms with van der Waals surface area (Å²) >= 11 is 1.57. The molecule has 0 unspecified atom stereocenters. The molecule has 2 nitrogen and oxygen atoms in total. The minimum absolute atomic E-state index is 0.148. The quantitative estimate of drug-likeness (QED) is 0.588. The Morgan fingerprint density at radius 1 is 1.75 bits per heavy atom. The minimum atomic E-state index is -0.153. The van der Waals surface area contributed by atoms with E-state index in [0.717, 1.165) is 12.8 Å². The van der Waals surface area contributed by atoms with Crippen molar-refractivity contribution in [1.29, 1.82) is 0 Å². The van der Waals surface area contributed by atoms with E-state index < -0.39 is 0 Å². The molecule has 0 aromatic heterocycles. The lowest BCUT2D eigenvalue weighted by Gasteiger charge is -2.03. The molecule has 0 aromatic rings. The molecule has 0 bridgehead atoms. The van der Waals surface area contributed by atoms with Crippen LogP contribution >= 0.6 is 11.8 Å². The molecular formula is C5H9NOS. The molecule has 1 fully saturated rings. The van der Waals surface area contributed by atoms with Gasteiger partial charge in [-0.25, -0.2) is 0 Å². The van der Waals surface area contributed by atoms with Gasteiger partial charge in [-0.05, 0) is 19.1 Å². The number of hydrogen-bond donors (Lipinski definition) is 1. The van der Waals surface area contributed by atoms with Crippen LogP contribution < -0.4 is 5.73 Å². The van der Waals surface area contributed by atoms with Crippen molar-refractivity contribution in [3.8, 4) is 0 Å². The molecule has 0 spiro atoms. The van der Waals surface area contributed by atoms with Crippen molar-refractivity contribution >= 4 is 17.7 Å². The first-order chi connectivity index (χ1) is 3.71. The monoisotopic (exact) mass is 131 g/mol. The van der Waals surface area contributed by atoms with E-state index in [0.29, 0.717) is 0 Å². The van der Waals surface area contributed by atoms with Gasteiger partial charge in [-0.1, -0.05) is 0 Å². The number of carbonyl (C=O) groups excluding carboxylic acids is 1. The number of carbonyl (C=O) groups is 1. The maximum absolute atomic E-state index is 10.5. The van der Waals surface area contributed by atoms with Gasteiger partial charge in [0.2, 0.25) is 5.91 Å². The van der Waals surface area contributed by atoms with E-state index in [9.17, 15) is 4.79 Å². The van der Waals surface area contributed by atoms with Gasteiger partial charge in [-0.3, -0.25) is 4.79 Å². The first-order valence-corrected chi connectivity index (χ1v) is 3.79. The Hall–Kier alpha value is -0.180. The average Bonchev–Trinajstić information content (AvgIpc) is 2.44. The Bertz CT molecular complexity index is 120. The van der Waals surface area contributed by atoms with Crippen molar-refractivity contribution in [3.05, 3.63) is 0 Å². The summed E-state index contributed by atoms with van der Waals surface area (Å²) in [5.41, 5.74) is 5.08. The number of primary amides is 1. The molecule has 0 heterocycles. The van der Waals surface area contributed by atoms with Crippen LogP contribution in [0, 0.1) is 0 Å². The van der Waals surface area contributed by atoms with E-state index >= 15 is 0 Å². The Morgan fingerprint density at radius 3 is 2.25 bits per heavy atom. The zero-order valence-electron chi connectivity index (χ0n) is 4.81. The molecule has 1 amide bonds. The predicted molar refractivity (Wildman–Crippen MR) is 34.7 cm³/mol.